The number of carbonyl (C=O) groups is 2. The van der Waals surface area contributed by atoms with Gasteiger partial charge in [0.2, 0.25) is 0 Å². The van der Waals surface area contributed by atoms with Crippen LogP contribution in [0.25, 0.3) is 32.9 Å². The minimum Gasteiger partial charge on any atom is -0.461 e. The SMILES string of the molecule is C[C@H]1C[C@@H](F)CCN1C(=O)Oc1cc2c3c(cccc3c1)CCCOC(=O)N[C@]1(C)CCCN(C1)c1nc(OC[C@@]34CCCN3C[C@H](F)C4)nc3c(F)c-2ncc13. The zero-order valence-electron chi connectivity index (χ0n) is 32.4. The van der Waals surface area contributed by atoms with Crippen LogP contribution in [-0.2, 0) is 11.2 Å². The topological polar surface area (TPSA) is 122 Å². The number of anilines is 1. The molecule has 2 aromatic carbocycles. The molecule has 8 heterocycles. The number of benzene rings is 2. The Morgan fingerprint density at radius 1 is 1.09 bits per heavy atom. The van der Waals surface area contributed by atoms with Crippen molar-refractivity contribution in [3.63, 3.8) is 0 Å². The van der Waals surface area contributed by atoms with Gasteiger partial charge in [-0.1, -0.05) is 18.2 Å². The number of rotatable bonds is 4. The number of nitrogens with zero attached hydrogens (tertiary/aromatic N) is 6. The first kappa shape index (κ1) is 37.6. The summed E-state index contributed by atoms with van der Waals surface area (Å²) >= 11 is 0. The van der Waals surface area contributed by atoms with Gasteiger partial charge < -0.3 is 29.3 Å². The summed E-state index contributed by atoms with van der Waals surface area (Å²) < 4.78 is 64.3. The molecule has 4 aromatic rings. The number of aromatic nitrogens is 3. The second kappa shape index (κ2) is 14.8. The molecule has 302 valence electrons. The van der Waals surface area contributed by atoms with Crippen LogP contribution in [0, 0.1) is 5.82 Å². The number of aryl methyl sites for hydroxylation is 1. The maximum atomic E-state index is 17.5. The molecule has 2 amide bonds. The molecule has 5 atom stereocenters. The molecule has 4 fully saturated rings. The molecule has 6 aliphatic heterocycles. The molecule has 0 radical (unpaired) electrons. The van der Waals surface area contributed by atoms with Crippen molar-refractivity contribution in [1.29, 1.82) is 0 Å². The first-order valence-corrected chi connectivity index (χ1v) is 20.2. The van der Waals surface area contributed by atoms with Crippen LogP contribution in [0.5, 0.6) is 11.8 Å². The van der Waals surface area contributed by atoms with Crippen LogP contribution in [0.1, 0.15) is 70.8 Å². The molecule has 6 aliphatic rings. The van der Waals surface area contributed by atoms with Crippen molar-refractivity contribution < 1.29 is 37.0 Å². The van der Waals surface area contributed by atoms with E-state index in [4.69, 9.17) is 24.2 Å². The highest BCUT2D eigenvalue weighted by atomic mass is 19.1. The highest BCUT2D eigenvalue weighted by molar-refractivity contribution is 6.02. The number of pyridine rings is 1. The van der Waals surface area contributed by atoms with E-state index in [1.807, 2.05) is 30.0 Å². The maximum Gasteiger partial charge on any atom is 0.415 e. The molecule has 0 spiro atoms. The fraction of sp³-hybridized carbons (Fsp3) is 0.548. The van der Waals surface area contributed by atoms with Crippen molar-refractivity contribution in [1.82, 2.24) is 30.1 Å². The van der Waals surface area contributed by atoms with Gasteiger partial charge in [-0.3, -0.25) is 9.88 Å². The summed E-state index contributed by atoms with van der Waals surface area (Å²) in [7, 11) is 0. The number of fused-ring (bicyclic) bond motifs is 7. The van der Waals surface area contributed by atoms with E-state index in [0.717, 1.165) is 24.9 Å². The number of nitrogens with one attached hydrogen (secondary N) is 1. The van der Waals surface area contributed by atoms with Crippen LogP contribution in [0.3, 0.4) is 0 Å². The molecule has 57 heavy (non-hydrogen) atoms. The molecule has 15 heteroatoms. The van der Waals surface area contributed by atoms with E-state index < -0.39 is 41.4 Å². The molecule has 0 unspecified atom stereocenters. The van der Waals surface area contributed by atoms with Crippen LogP contribution < -0.4 is 19.7 Å². The third kappa shape index (κ3) is 7.16. The number of alkyl carbamates (subject to hydrolysis) is 1. The number of alkyl halides is 2. The van der Waals surface area contributed by atoms with E-state index in [9.17, 15) is 18.4 Å². The number of hydrogen-bond acceptors (Lipinski definition) is 10. The lowest BCUT2D eigenvalue weighted by Gasteiger charge is -2.41. The van der Waals surface area contributed by atoms with Crippen LogP contribution >= 0.6 is 0 Å². The molecule has 0 aliphatic carbocycles. The van der Waals surface area contributed by atoms with E-state index in [-0.39, 0.29) is 61.6 Å². The van der Waals surface area contributed by atoms with Crippen LogP contribution in [-0.4, -0.2) is 112 Å². The lowest BCUT2D eigenvalue weighted by Crippen LogP contribution is -2.57. The highest BCUT2D eigenvalue weighted by Gasteiger charge is 2.49. The molecule has 10 rings (SSSR count). The number of amides is 2. The average molecular weight is 788 g/mol. The van der Waals surface area contributed by atoms with Gasteiger partial charge in [0.25, 0.3) is 0 Å². The zero-order valence-corrected chi connectivity index (χ0v) is 32.4. The predicted octanol–water partition coefficient (Wildman–Crippen LogP) is 7.29. The molecule has 4 saturated heterocycles. The van der Waals surface area contributed by atoms with E-state index in [1.54, 1.807) is 25.3 Å². The van der Waals surface area contributed by atoms with Crippen molar-refractivity contribution in [3.05, 3.63) is 47.9 Å². The molecular formula is C42H48F3N7O5. The van der Waals surface area contributed by atoms with E-state index in [0.29, 0.717) is 79.3 Å². The van der Waals surface area contributed by atoms with Crippen LogP contribution in [0.4, 0.5) is 28.6 Å². The van der Waals surface area contributed by atoms with E-state index in [2.05, 4.69) is 15.2 Å². The first-order chi connectivity index (χ1) is 27.5. The fourth-order valence-electron chi connectivity index (χ4n) is 9.87. The van der Waals surface area contributed by atoms with Gasteiger partial charge in [0.05, 0.1) is 23.1 Å². The van der Waals surface area contributed by atoms with Crippen LogP contribution in [0.2, 0.25) is 0 Å². The number of hydrogen-bond donors (Lipinski definition) is 1. The summed E-state index contributed by atoms with van der Waals surface area (Å²) in [6.45, 7) is 6.38. The van der Waals surface area contributed by atoms with E-state index in [1.165, 1.54) is 4.90 Å². The standard InChI is InChI=1S/C42H48F3N7O5/c1-25-17-28(43)10-15-52(25)40(54)57-30-18-27-8-3-7-26-9-4-16-55-39(53)49-41(2)11-5-13-50(23-41)37-32-21-46-35(31(19-30)33(26)27)34(45)36(32)47-38(48-37)56-24-42-12-6-14-51(42)22-29(44)20-42/h3,7-8,18-19,21,25,28-29H,4-6,9-17,20,22-24H2,1-2H3,(H,49,53)/t25-,28-,29+,41+,42-/m0/s1. The minimum atomic E-state index is -0.980. The number of likely N-dealkylation sites (tertiary alicyclic amines) is 1. The second-order valence-electron chi connectivity index (χ2n) is 16.8. The summed E-state index contributed by atoms with van der Waals surface area (Å²) in [4.78, 5) is 46.6. The zero-order chi connectivity index (χ0) is 39.5. The Balaban J connectivity index is 1.18. The summed E-state index contributed by atoms with van der Waals surface area (Å²) in [5, 5.41) is 4.82. The van der Waals surface area contributed by atoms with Gasteiger partial charge in [0.15, 0.2) is 5.82 Å². The second-order valence-corrected chi connectivity index (χ2v) is 16.8. The highest BCUT2D eigenvalue weighted by Crippen LogP contribution is 2.42. The number of carbonyl (C=O) groups excluding carboxylic acids is 2. The van der Waals surface area contributed by atoms with Gasteiger partial charge in [-0.15, -0.1) is 0 Å². The van der Waals surface area contributed by atoms with Gasteiger partial charge in [0, 0.05) is 50.4 Å². The van der Waals surface area contributed by atoms with Gasteiger partial charge in [0.1, 0.15) is 41.7 Å². The quantitative estimate of drug-likeness (QED) is 0.226. The molecular weight excluding hydrogens is 739 g/mol. The Morgan fingerprint density at radius 3 is 2.81 bits per heavy atom. The lowest BCUT2D eigenvalue weighted by atomic mass is 9.91. The van der Waals surface area contributed by atoms with Crippen molar-refractivity contribution in [2.24, 2.45) is 0 Å². The largest absolute Gasteiger partial charge is 0.461 e. The maximum absolute atomic E-state index is 17.5. The monoisotopic (exact) mass is 787 g/mol. The van der Waals surface area contributed by atoms with Gasteiger partial charge >= 0.3 is 18.2 Å². The number of halogens is 3. The van der Waals surface area contributed by atoms with Gasteiger partial charge in [-0.2, -0.15) is 9.97 Å². The smallest absolute Gasteiger partial charge is 0.415 e. The van der Waals surface area contributed by atoms with Crippen LogP contribution in [0.15, 0.2) is 36.5 Å². The summed E-state index contributed by atoms with van der Waals surface area (Å²) in [6.07, 6.45) is 3.43. The first-order valence-electron chi connectivity index (χ1n) is 20.2. The molecule has 0 saturated carbocycles. The van der Waals surface area contributed by atoms with Gasteiger partial charge in [-0.25, -0.2) is 22.8 Å². The summed E-state index contributed by atoms with van der Waals surface area (Å²) in [6, 6.07) is 8.64. The normalized spacial score (nSPS) is 28.0. The van der Waals surface area contributed by atoms with Crippen molar-refractivity contribution >= 4 is 39.7 Å². The summed E-state index contributed by atoms with van der Waals surface area (Å²) in [5.74, 6) is -0.108. The van der Waals surface area contributed by atoms with Gasteiger partial charge in [-0.05, 0) is 100 Å². The Bertz CT molecular complexity index is 2230. The average Bonchev–Trinajstić information content (AvgIpc) is 3.70. The molecule has 6 bridgehead atoms. The predicted molar refractivity (Wildman–Crippen MR) is 208 cm³/mol. The van der Waals surface area contributed by atoms with Crippen molar-refractivity contribution in [3.8, 4) is 23.0 Å². The summed E-state index contributed by atoms with van der Waals surface area (Å²) in [5.41, 5.74) is 0.0855. The Labute approximate surface area is 329 Å². The van der Waals surface area contributed by atoms with Crippen molar-refractivity contribution in [2.45, 2.75) is 101 Å². The Kier molecular flexibility index (Phi) is 9.77. The lowest BCUT2D eigenvalue weighted by molar-refractivity contribution is 0.0896. The number of piperidine rings is 2. The number of ether oxygens (including phenoxy) is 3. The minimum absolute atomic E-state index is 0.00224. The third-order valence-electron chi connectivity index (χ3n) is 12.6. The Hall–Kier alpha value is -4.92. The Morgan fingerprint density at radius 2 is 1.95 bits per heavy atom. The fourth-order valence-corrected chi connectivity index (χ4v) is 9.87. The van der Waals surface area contributed by atoms with E-state index >= 15 is 4.39 Å². The third-order valence-corrected chi connectivity index (χ3v) is 12.6. The molecule has 2 aromatic heterocycles. The van der Waals surface area contributed by atoms with Crippen molar-refractivity contribution in [2.75, 3.05) is 50.8 Å². The molecule has 12 nitrogen and oxygen atoms in total. The molecule has 1 N–H and O–H groups in total.